The lowest BCUT2D eigenvalue weighted by Gasteiger charge is -2.34. The van der Waals surface area contributed by atoms with Crippen LogP contribution in [0, 0.1) is 0 Å². The maximum atomic E-state index is 12.9. The molecule has 0 bridgehead atoms. The summed E-state index contributed by atoms with van der Waals surface area (Å²) >= 11 is 1.45. The van der Waals surface area contributed by atoms with Crippen LogP contribution >= 0.6 is 11.5 Å². The molecule has 168 valence electrons. The number of carbonyl (C=O) groups is 1. The van der Waals surface area contributed by atoms with Gasteiger partial charge >= 0.3 is 0 Å². The zero-order valence-corrected chi connectivity index (χ0v) is 19.7. The van der Waals surface area contributed by atoms with Crippen LogP contribution in [-0.2, 0) is 12.8 Å². The van der Waals surface area contributed by atoms with Crippen LogP contribution in [0.4, 0.5) is 5.13 Å². The zero-order valence-electron chi connectivity index (χ0n) is 18.9. The highest BCUT2D eigenvalue weighted by Gasteiger charge is 2.24. The van der Waals surface area contributed by atoms with E-state index in [1.165, 1.54) is 48.3 Å². The van der Waals surface area contributed by atoms with Crippen LogP contribution in [0.25, 0.3) is 0 Å². The lowest BCUT2D eigenvalue weighted by molar-refractivity contribution is 0.0746. The molecule has 0 N–H and O–H groups in total. The molecule has 0 spiro atoms. The SMILES string of the molecule is CCCCCCc1ccc(C(=O)N2CCN(c3nc(Cc4ccccc4)ns3)CC2)cc1. The topological polar surface area (TPSA) is 49.3 Å². The van der Waals surface area contributed by atoms with Crippen molar-refractivity contribution < 1.29 is 4.79 Å². The Morgan fingerprint density at radius 1 is 0.906 bits per heavy atom. The Morgan fingerprint density at radius 2 is 1.66 bits per heavy atom. The number of aromatic nitrogens is 2. The lowest BCUT2D eigenvalue weighted by atomic mass is 10.0. The molecule has 1 amide bonds. The summed E-state index contributed by atoms with van der Waals surface area (Å²) in [6.07, 6.45) is 6.92. The van der Waals surface area contributed by atoms with E-state index in [1.807, 2.05) is 35.2 Å². The minimum Gasteiger partial charge on any atom is -0.343 e. The van der Waals surface area contributed by atoms with Gasteiger partial charge in [-0.2, -0.15) is 4.37 Å². The van der Waals surface area contributed by atoms with E-state index >= 15 is 0 Å². The van der Waals surface area contributed by atoms with Crippen LogP contribution in [-0.4, -0.2) is 46.3 Å². The Kier molecular flexibility index (Phi) is 7.88. The van der Waals surface area contributed by atoms with Crippen molar-refractivity contribution in [1.82, 2.24) is 14.3 Å². The molecule has 0 atom stereocenters. The summed E-state index contributed by atoms with van der Waals surface area (Å²) in [6.45, 7) is 5.25. The number of amides is 1. The van der Waals surface area contributed by atoms with E-state index in [-0.39, 0.29) is 5.91 Å². The first-order chi connectivity index (χ1) is 15.7. The van der Waals surface area contributed by atoms with E-state index in [0.29, 0.717) is 13.1 Å². The third kappa shape index (κ3) is 5.94. The van der Waals surface area contributed by atoms with Gasteiger partial charge in [0.2, 0.25) is 5.13 Å². The Labute approximate surface area is 195 Å². The molecular weight excluding hydrogens is 416 g/mol. The molecule has 5 nitrogen and oxygen atoms in total. The molecule has 0 saturated carbocycles. The van der Waals surface area contributed by atoms with Crippen molar-refractivity contribution in [3.8, 4) is 0 Å². The second-order valence-corrected chi connectivity index (χ2v) is 9.17. The molecule has 0 aliphatic carbocycles. The number of anilines is 1. The number of hydrogen-bond donors (Lipinski definition) is 0. The summed E-state index contributed by atoms with van der Waals surface area (Å²) in [6, 6.07) is 18.5. The largest absolute Gasteiger partial charge is 0.343 e. The minimum absolute atomic E-state index is 0.129. The Morgan fingerprint density at radius 3 is 2.38 bits per heavy atom. The number of rotatable bonds is 9. The predicted molar refractivity (Wildman–Crippen MR) is 132 cm³/mol. The second-order valence-electron chi connectivity index (χ2n) is 8.44. The molecule has 2 heterocycles. The van der Waals surface area contributed by atoms with Crippen molar-refractivity contribution >= 4 is 22.6 Å². The van der Waals surface area contributed by atoms with Gasteiger partial charge in [0.1, 0.15) is 5.82 Å². The Hall–Kier alpha value is -2.73. The molecule has 1 fully saturated rings. The summed E-state index contributed by atoms with van der Waals surface area (Å²) in [7, 11) is 0. The average molecular weight is 449 g/mol. The summed E-state index contributed by atoms with van der Waals surface area (Å²) in [5, 5.41) is 0.954. The summed E-state index contributed by atoms with van der Waals surface area (Å²) in [5.74, 6) is 0.994. The number of piperazine rings is 1. The molecule has 1 aliphatic rings. The molecule has 4 rings (SSSR count). The maximum absolute atomic E-state index is 12.9. The van der Waals surface area contributed by atoms with Gasteiger partial charge in [0.15, 0.2) is 0 Å². The highest BCUT2D eigenvalue weighted by molar-refractivity contribution is 7.09. The van der Waals surface area contributed by atoms with Crippen molar-refractivity contribution in [1.29, 1.82) is 0 Å². The first kappa shape index (κ1) is 22.5. The smallest absolute Gasteiger partial charge is 0.253 e. The second kappa shape index (κ2) is 11.2. The van der Waals surface area contributed by atoms with Crippen molar-refractivity contribution in [2.45, 2.75) is 45.4 Å². The standard InChI is InChI=1S/C26H32N4OS/c1-2-3-4-6-9-21-12-14-23(15-13-21)25(31)29-16-18-30(19-17-29)26-27-24(28-32-26)20-22-10-7-5-8-11-22/h5,7-8,10-15H,2-4,6,9,16-20H2,1H3. The van der Waals surface area contributed by atoms with E-state index in [1.54, 1.807) is 0 Å². The molecule has 2 aromatic carbocycles. The fourth-order valence-electron chi connectivity index (χ4n) is 4.08. The molecule has 1 saturated heterocycles. The molecule has 0 unspecified atom stereocenters. The molecule has 1 aromatic heterocycles. The number of unbranched alkanes of at least 4 members (excludes halogenated alkanes) is 3. The molecule has 3 aromatic rings. The van der Waals surface area contributed by atoms with Gasteiger partial charge in [-0.05, 0) is 36.1 Å². The van der Waals surface area contributed by atoms with Gasteiger partial charge in [0.25, 0.3) is 5.91 Å². The Bertz CT molecular complexity index is 979. The van der Waals surface area contributed by atoms with Gasteiger partial charge in [-0.3, -0.25) is 4.79 Å². The number of aryl methyl sites for hydroxylation is 1. The Balaban J connectivity index is 1.27. The van der Waals surface area contributed by atoms with Crippen LogP contribution in [0.5, 0.6) is 0 Å². The molecular formula is C26H32N4OS. The van der Waals surface area contributed by atoms with Crippen molar-refractivity contribution in [3.05, 3.63) is 77.1 Å². The predicted octanol–water partition coefficient (Wildman–Crippen LogP) is 5.21. The van der Waals surface area contributed by atoms with Crippen molar-refractivity contribution in [2.75, 3.05) is 31.1 Å². The van der Waals surface area contributed by atoms with Gasteiger partial charge in [-0.25, -0.2) is 4.98 Å². The lowest BCUT2D eigenvalue weighted by Crippen LogP contribution is -2.48. The number of carbonyl (C=O) groups excluding carboxylic acids is 1. The normalized spacial score (nSPS) is 14.0. The van der Waals surface area contributed by atoms with E-state index < -0.39 is 0 Å². The quantitative estimate of drug-likeness (QED) is 0.422. The fraction of sp³-hybridized carbons (Fsp3) is 0.423. The third-order valence-electron chi connectivity index (χ3n) is 6.02. The van der Waals surface area contributed by atoms with Crippen LogP contribution in [0.3, 0.4) is 0 Å². The third-order valence-corrected chi connectivity index (χ3v) is 6.83. The minimum atomic E-state index is 0.129. The van der Waals surface area contributed by atoms with Crippen LogP contribution in [0.15, 0.2) is 54.6 Å². The van der Waals surface area contributed by atoms with Crippen molar-refractivity contribution in [3.63, 3.8) is 0 Å². The fourth-order valence-corrected chi connectivity index (χ4v) is 4.81. The van der Waals surface area contributed by atoms with Gasteiger partial charge in [0, 0.05) is 49.7 Å². The van der Waals surface area contributed by atoms with E-state index in [9.17, 15) is 4.79 Å². The van der Waals surface area contributed by atoms with Gasteiger partial charge in [-0.1, -0.05) is 68.7 Å². The molecule has 0 radical (unpaired) electrons. The van der Waals surface area contributed by atoms with Crippen molar-refractivity contribution in [2.24, 2.45) is 0 Å². The zero-order chi connectivity index (χ0) is 22.2. The van der Waals surface area contributed by atoms with Crippen LogP contribution in [0.1, 0.15) is 59.9 Å². The highest BCUT2D eigenvalue weighted by Crippen LogP contribution is 2.21. The average Bonchev–Trinajstić information content (AvgIpc) is 3.31. The summed E-state index contributed by atoms with van der Waals surface area (Å²) in [5.41, 5.74) is 3.33. The number of hydrogen-bond acceptors (Lipinski definition) is 5. The van der Waals surface area contributed by atoms with Gasteiger partial charge < -0.3 is 9.80 Å². The van der Waals surface area contributed by atoms with E-state index in [2.05, 4.69) is 40.5 Å². The molecule has 1 aliphatic heterocycles. The first-order valence-electron chi connectivity index (χ1n) is 11.7. The number of nitrogens with zero attached hydrogens (tertiary/aromatic N) is 4. The highest BCUT2D eigenvalue weighted by atomic mass is 32.1. The molecule has 32 heavy (non-hydrogen) atoms. The number of benzene rings is 2. The van der Waals surface area contributed by atoms with Gasteiger partial charge in [-0.15, -0.1) is 0 Å². The monoisotopic (exact) mass is 448 g/mol. The van der Waals surface area contributed by atoms with Gasteiger partial charge in [0.05, 0.1) is 0 Å². The van der Waals surface area contributed by atoms with Crippen LogP contribution in [0.2, 0.25) is 0 Å². The molecule has 6 heteroatoms. The maximum Gasteiger partial charge on any atom is 0.253 e. The van der Waals surface area contributed by atoms with E-state index in [0.717, 1.165) is 42.5 Å². The summed E-state index contributed by atoms with van der Waals surface area (Å²) in [4.78, 5) is 21.9. The van der Waals surface area contributed by atoms with E-state index in [4.69, 9.17) is 4.98 Å². The summed E-state index contributed by atoms with van der Waals surface area (Å²) < 4.78 is 4.54. The van der Waals surface area contributed by atoms with Crippen LogP contribution < -0.4 is 4.90 Å². The first-order valence-corrected chi connectivity index (χ1v) is 12.5.